The average molecular weight is 298 g/mol. The van der Waals surface area contributed by atoms with Gasteiger partial charge in [-0.3, -0.25) is 0 Å². The molecule has 0 spiro atoms. The van der Waals surface area contributed by atoms with Gasteiger partial charge >= 0.3 is 5.97 Å². The highest BCUT2D eigenvalue weighted by atomic mass is 16.7. The monoisotopic (exact) mass is 298 g/mol. The Hall–Kier alpha value is -1.67. The summed E-state index contributed by atoms with van der Waals surface area (Å²) < 4.78 is 10.5. The summed E-state index contributed by atoms with van der Waals surface area (Å²) in [5.74, 6) is -1.04. The minimum atomic E-state index is -1.73. The number of aryl methyl sites for hydroxylation is 2. The molecule has 5 atom stereocenters. The number of benzene rings is 1. The van der Waals surface area contributed by atoms with Crippen LogP contribution < -0.4 is 4.74 Å². The van der Waals surface area contributed by atoms with E-state index in [4.69, 9.17) is 14.6 Å². The van der Waals surface area contributed by atoms with Crippen molar-refractivity contribution in [2.75, 3.05) is 0 Å². The van der Waals surface area contributed by atoms with Crippen molar-refractivity contribution in [2.24, 2.45) is 0 Å². The highest BCUT2D eigenvalue weighted by Crippen LogP contribution is 2.26. The predicted octanol–water partition coefficient (Wildman–Crippen LogP) is -0.426. The largest absolute Gasteiger partial charge is 0.479 e. The molecule has 1 aliphatic heterocycles. The van der Waals surface area contributed by atoms with Crippen molar-refractivity contribution in [2.45, 2.75) is 44.6 Å². The number of hydrogen-bond acceptors (Lipinski definition) is 6. The number of carboxylic acids is 1. The Bertz CT molecular complexity index is 530. The molecule has 0 saturated carbocycles. The molecule has 1 heterocycles. The molecule has 1 aliphatic rings. The second-order valence-electron chi connectivity index (χ2n) is 5.12. The van der Waals surface area contributed by atoms with Crippen molar-refractivity contribution in [1.29, 1.82) is 0 Å². The Balaban J connectivity index is 2.20. The molecule has 4 N–H and O–H groups in total. The third kappa shape index (κ3) is 3.16. The van der Waals surface area contributed by atoms with Crippen LogP contribution in [0.2, 0.25) is 0 Å². The van der Waals surface area contributed by atoms with Crippen molar-refractivity contribution in [1.82, 2.24) is 0 Å². The van der Waals surface area contributed by atoms with Gasteiger partial charge in [-0.25, -0.2) is 4.79 Å². The Morgan fingerprint density at radius 2 is 1.81 bits per heavy atom. The van der Waals surface area contributed by atoms with Gasteiger partial charge in [0.15, 0.2) is 6.10 Å². The van der Waals surface area contributed by atoms with Crippen LogP contribution in [0, 0.1) is 13.8 Å². The number of aliphatic hydroxyl groups is 3. The molecule has 7 heteroatoms. The molecule has 0 radical (unpaired) electrons. The van der Waals surface area contributed by atoms with Crippen LogP contribution in [0.4, 0.5) is 0 Å². The number of aliphatic hydroxyl groups excluding tert-OH is 3. The molecule has 0 unspecified atom stereocenters. The van der Waals surface area contributed by atoms with E-state index in [0.29, 0.717) is 5.75 Å². The van der Waals surface area contributed by atoms with Crippen LogP contribution in [0.1, 0.15) is 11.1 Å². The van der Waals surface area contributed by atoms with E-state index in [1.807, 2.05) is 13.0 Å². The van der Waals surface area contributed by atoms with Gasteiger partial charge in [0, 0.05) is 0 Å². The van der Waals surface area contributed by atoms with Gasteiger partial charge in [0.25, 0.3) is 0 Å². The minimum absolute atomic E-state index is 0.400. The van der Waals surface area contributed by atoms with Crippen LogP contribution in [-0.2, 0) is 9.53 Å². The Morgan fingerprint density at radius 3 is 2.38 bits per heavy atom. The van der Waals surface area contributed by atoms with Crippen LogP contribution in [0.25, 0.3) is 0 Å². The molecule has 0 bridgehead atoms. The maximum atomic E-state index is 11.0. The number of hydrogen-bond donors (Lipinski definition) is 4. The molecular formula is C14H18O7. The van der Waals surface area contributed by atoms with E-state index in [1.165, 1.54) is 0 Å². The fourth-order valence-electron chi connectivity index (χ4n) is 2.21. The summed E-state index contributed by atoms with van der Waals surface area (Å²) in [7, 11) is 0. The lowest BCUT2D eigenvalue weighted by Gasteiger charge is -2.38. The summed E-state index contributed by atoms with van der Waals surface area (Å²) in [6, 6.07) is 5.30. The van der Waals surface area contributed by atoms with E-state index in [9.17, 15) is 20.1 Å². The summed E-state index contributed by atoms with van der Waals surface area (Å²) in [5.41, 5.74) is 1.79. The Labute approximate surface area is 121 Å². The molecule has 7 nitrogen and oxygen atoms in total. The summed E-state index contributed by atoms with van der Waals surface area (Å²) >= 11 is 0. The van der Waals surface area contributed by atoms with Crippen LogP contribution >= 0.6 is 0 Å². The standard InChI is InChI=1S/C14H18O7/c1-6-3-4-8(7(2)5-6)20-14-11(17)9(15)10(16)12(21-14)13(18)19/h3-5,9-12,14-17H,1-2H3,(H,18,19)/t9-,10-,11+,12-,14+/m0/s1. The number of rotatable bonds is 3. The number of ether oxygens (including phenoxy) is 2. The SMILES string of the molecule is Cc1ccc(O[C@@H]2O[C@H](C(=O)O)[C@@H](O)[C@H](O)[C@H]2O)c(C)c1. The van der Waals surface area contributed by atoms with E-state index < -0.39 is 36.7 Å². The van der Waals surface area contributed by atoms with Crippen molar-refractivity contribution in [3.05, 3.63) is 29.3 Å². The Kier molecular flexibility index (Phi) is 4.48. The van der Waals surface area contributed by atoms with Crippen molar-refractivity contribution in [3.8, 4) is 5.75 Å². The number of aliphatic carboxylic acids is 1. The van der Waals surface area contributed by atoms with Crippen molar-refractivity contribution >= 4 is 5.97 Å². The van der Waals surface area contributed by atoms with Crippen LogP contribution in [0.3, 0.4) is 0 Å². The third-order valence-corrected chi connectivity index (χ3v) is 3.39. The van der Waals surface area contributed by atoms with Gasteiger partial charge in [0.2, 0.25) is 6.29 Å². The topological polar surface area (TPSA) is 116 Å². The zero-order valence-corrected chi connectivity index (χ0v) is 11.6. The highest BCUT2D eigenvalue weighted by molar-refractivity contribution is 5.73. The maximum absolute atomic E-state index is 11.0. The van der Waals surface area contributed by atoms with Gasteiger partial charge in [0.05, 0.1) is 0 Å². The minimum Gasteiger partial charge on any atom is -0.479 e. The smallest absolute Gasteiger partial charge is 0.335 e. The number of carbonyl (C=O) groups is 1. The molecule has 1 saturated heterocycles. The quantitative estimate of drug-likeness (QED) is 0.598. The molecule has 0 aromatic heterocycles. The molecule has 1 fully saturated rings. The average Bonchev–Trinajstić information content (AvgIpc) is 2.41. The van der Waals surface area contributed by atoms with Gasteiger partial charge in [0.1, 0.15) is 24.1 Å². The van der Waals surface area contributed by atoms with Gasteiger partial charge in [-0.05, 0) is 25.5 Å². The molecule has 2 rings (SSSR count). The summed E-state index contributed by atoms with van der Waals surface area (Å²) in [6.45, 7) is 3.70. The summed E-state index contributed by atoms with van der Waals surface area (Å²) in [5, 5.41) is 38.1. The second-order valence-corrected chi connectivity index (χ2v) is 5.12. The fraction of sp³-hybridized carbons (Fsp3) is 0.500. The zero-order valence-electron chi connectivity index (χ0n) is 11.6. The lowest BCUT2D eigenvalue weighted by Crippen LogP contribution is -2.61. The lowest BCUT2D eigenvalue weighted by atomic mass is 9.99. The molecule has 1 aromatic carbocycles. The molecule has 116 valence electrons. The first-order chi connectivity index (χ1) is 9.81. The van der Waals surface area contributed by atoms with Gasteiger partial charge < -0.3 is 29.9 Å². The van der Waals surface area contributed by atoms with E-state index in [-0.39, 0.29) is 0 Å². The van der Waals surface area contributed by atoms with Gasteiger partial charge in [-0.15, -0.1) is 0 Å². The van der Waals surface area contributed by atoms with Crippen LogP contribution in [-0.4, -0.2) is 57.1 Å². The second kappa shape index (κ2) is 5.98. The first kappa shape index (κ1) is 15.7. The molecule has 1 aromatic rings. The molecule has 0 aliphatic carbocycles. The first-order valence-corrected chi connectivity index (χ1v) is 6.47. The van der Waals surface area contributed by atoms with Crippen LogP contribution in [0.5, 0.6) is 5.75 Å². The normalized spacial score (nSPS) is 32.7. The van der Waals surface area contributed by atoms with E-state index in [1.54, 1.807) is 19.1 Å². The first-order valence-electron chi connectivity index (χ1n) is 6.47. The Morgan fingerprint density at radius 1 is 1.14 bits per heavy atom. The highest BCUT2D eigenvalue weighted by Gasteiger charge is 2.48. The maximum Gasteiger partial charge on any atom is 0.335 e. The molecule has 0 amide bonds. The van der Waals surface area contributed by atoms with Gasteiger partial charge in [-0.1, -0.05) is 17.7 Å². The van der Waals surface area contributed by atoms with E-state index >= 15 is 0 Å². The van der Waals surface area contributed by atoms with Crippen molar-refractivity contribution < 1.29 is 34.7 Å². The predicted molar refractivity (Wildman–Crippen MR) is 70.9 cm³/mol. The van der Waals surface area contributed by atoms with Crippen molar-refractivity contribution in [3.63, 3.8) is 0 Å². The third-order valence-electron chi connectivity index (χ3n) is 3.39. The van der Waals surface area contributed by atoms with Gasteiger partial charge in [-0.2, -0.15) is 0 Å². The lowest BCUT2D eigenvalue weighted by molar-refractivity contribution is -0.271. The summed E-state index contributed by atoms with van der Waals surface area (Å²) in [6.07, 6.45) is -8.01. The molecular weight excluding hydrogens is 280 g/mol. The summed E-state index contributed by atoms with van der Waals surface area (Å²) in [4.78, 5) is 11.0. The van der Waals surface area contributed by atoms with Crippen LogP contribution in [0.15, 0.2) is 18.2 Å². The zero-order chi connectivity index (χ0) is 15.7. The molecule has 21 heavy (non-hydrogen) atoms. The van der Waals surface area contributed by atoms with E-state index in [2.05, 4.69) is 0 Å². The fourth-order valence-corrected chi connectivity index (χ4v) is 2.21. The van der Waals surface area contributed by atoms with E-state index in [0.717, 1.165) is 11.1 Å². The number of carboxylic acid groups (broad SMARTS) is 1.